The molecule has 2 heterocycles. The molecular weight excluding hydrogens is 374 g/mol. The fourth-order valence-electron chi connectivity index (χ4n) is 3.64. The molecule has 30 heavy (non-hydrogen) atoms. The summed E-state index contributed by atoms with van der Waals surface area (Å²) in [4.78, 5) is 9.35. The van der Waals surface area contributed by atoms with Gasteiger partial charge in [0.1, 0.15) is 5.75 Å². The highest BCUT2D eigenvalue weighted by Gasteiger charge is 2.16. The maximum absolute atomic E-state index is 5.96. The van der Waals surface area contributed by atoms with Crippen LogP contribution in [0, 0.1) is 12.8 Å². The van der Waals surface area contributed by atoms with Gasteiger partial charge in [-0.25, -0.2) is 0 Å². The van der Waals surface area contributed by atoms with Gasteiger partial charge in [0, 0.05) is 17.5 Å². The minimum atomic E-state index is 0.505. The second-order valence-electron chi connectivity index (χ2n) is 8.19. The summed E-state index contributed by atoms with van der Waals surface area (Å²) in [5.74, 6) is 2.65. The van der Waals surface area contributed by atoms with E-state index in [1.807, 2.05) is 6.20 Å². The van der Waals surface area contributed by atoms with Crippen LogP contribution in [0.1, 0.15) is 63.4 Å². The number of hydrogen-bond donors (Lipinski definition) is 0. The third-order valence-corrected chi connectivity index (χ3v) is 5.16. The Balaban J connectivity index is 1.92. The first-order chi connectivity index (χ1) is 14.5. The summed E-state index contributed by atoms with van der Waals surface area (Å²) in [7, 11) is 0. The van der Waals surface area contributed by atoms with Crippen molar-refractivity contribution in [2.45, 2.75) is 67.2 Å². The number of ether oxygens (including phenoxy) is 1. The van der Waals surface area contributed by atoms with Crippen molar-refractivity contribution in [2.24, 2.45) is 5.92 Å². The number of aromatic nitrogens is 3. The summed E-state index contributed by atoms with van der Waals surface area (Å²) in [6.45, 7) is 13.6. The van der Waals surface area contributed by atoms with Crippen molar-refractivity contribution in [1.82, 2.24) is 15.1 Å². The molecule has 0 N–H and O–H groups in total. The summed E-state index contributed by atoms with van der Waals surface area (Å²) in [5, 5.41) is 4.24. The van der Waals surface area contributed by atoms with E-state index in [9.17, 15) is 0 Å². The maximum atomic E-state index is 5.96. The van der Waals surface area contributed by atoms with Crippen molar-refractivity contribution < 1.29 is 9.26 Å². The number of hydrogen-bond acceptors (Lipinski definition) is 5. The lowest BCUT2D eigenvalue weighted by Crippen LogP contribution is -2.02. The van der Waals surface area contributed by atoms with Gasteiger partial charge in [-0.1, -0.05) is 39.8 Å². The molecular formula is C25H33N3O2. The first-order valence-corrected chi connectivity index (χ1v) is 11.0. The molecule has 0 radical (unpaired) electrons. The Morgan fingerprint density at radius 3 is 2.40 bits per heavy atom. The van der Waals surface area contributed by atoms with E-state index in [1.165, 1.54) is 5.56 Å². The van der Waals surface area contributed by atoms with Gasteiger partial charge in [-0.05, 0) is 73.4 Å². The normalized spacial score (nSPS) is 11.3. The number of benzene rings is 1. The topological polar surface area (TPSA) is 61.0 Å². The highest BCUT2D eigenvalue weighted by Crippen LogP contribution is 2.31. The van der Waals surface area contributed by atoms with Gasteiger partial charge in [0.05, 0.1) is 12.2 Å². The molecule has 5 heteroatoms. The molecule has 0 saturated carbocycles. The Labute approximate surface area is 179 Å². The smallest absolute Gasteiger partial charge is 0.259 e. The highest BCUT2D eigenvalue weighted by atomic mass is 16.5. The molecule has 0 fully saturated rings. The zero-order valence-corrected chi connectivity index (χ0v) is 19.1. The van der Waals surface area contributed by atoms with E-state index in [0.717, 1.165) is 66.0 Å². The van der Waals surface area contributed by atoms with E-state index in [1.54, 1.807) is 0 Å². The average Bonchev–Trinajstić information content (AvgIpc) is 3.22. The van der Waals surface area contributed by atoms with Crippen molar-refractivity contribution >= 4 is 0 Å². The standard InChI is InChI=1S/C25H33N3O2/c1-7-10-29-23-17(6)12-20(14-19(23)9-3)24-27-25(30-28-24)21-13-18(8-2)22(26-15-21)11-16(4)5/h12-16H,7-11H2,1-6H3. The minimum absolute atomic E-state index is 0.505. The first kappa shape index (κ1) is 22.0. The Morgan fingerprint density at radius 2 is 1.73 bits per heavy atom. The fraction of sp³-hybridized carbons (Fsp3) is 0.480. The van der Waals surface area contributed by atoms with Gasteiger partial charge in [-0.15, -0.1) is 0 Å². The molecule has 2 aromatic heterocycles. The van der Waals surface area contributed by atoms with Crippen molar-refractivity contribution in [1.29, 1.82) is 0 Å². The quantitative estimate of drug-likeness (QED) is 0.421. The summed E-state index contributed by atoms with van der Waals surface area (Å²) in [6, 6.07) is 6.31. The summed E-state index contributed by atoms with van der Waals surface area (Å²) >= 11 is 0. The van der Waals surface area contributed by atoms with E-state index in [-0.39, 0.29) is 0 Å². The van der Waals surface area contributed by atoms with Crippen molar-refractivity contribution in [3.63, 3.8) is 0 Å². The van der Waals surface area contributed by atoms with Crippen LogP contribution in [0.3, 0.4) is 0 Å². The van der Waals surface area contributed by atoms with Gasteiger partial charge < -0.3 is 9.26 Å². The van der Waals surface area contributed by atoms with Crippen molar-refractivity contribution in [3.8, 4) is 28.6 Å². The molecule has 0 atom stereocenters. The van der Waals surface area contributed by atoms with Crippen molar-refractivity contribution in [2.75, 3.05) is 6.61 Å². The molecule has 160 valence electrons. The lowest BCUT2D eigenvalue weighted by Gasteiger charge is -2.14. The van der Waals surface area contributed by atoms with Gasteiger partial charge in [0.25, 0.3) is 5.89 Å². The van der Waals surface area contributed by atoms with Crippen LogP contribution in [0.15, 0.2) is 28.9 Å². The molecule has 3 aromatic rings. The van der Waals surface area contributed by atoms with E-state index in [4.69, 9.17) is 9.26 Å². The molecule has 0 saturated heterocycles. The van der Waals surface area contributed by atoms with E-state index in [0.29, 0.717) is 17.6 Å². The number of aryl methyl sites for hydroxylation is 3. The van der Waals surface area contributed by atoms with Crippen molar-refractivity contribution in [3.05, 3.63) is 46.8 Å². The van der Waals surface area contributed by atoms with Crippen LogP contribution in [0.25, 0.3) is 22.8 Å². The Hall–Kier alpha value is -2.69. The molecule has 0 spiro atoms. The van der Waals surface area contributed by atoms with Crippen LogP contribution in [0.4, 0.5) is 0 Å². The van der Waals surface area contributed by atoms with Gasteiger partial charge in [0.2, 0.25) is 5.82 Å². The molecule has 0 aliphatic carbocycles. The zero-order chi connectivity index (χ0) is 21.7. The summed E-state index contributed by atoms with van der Waals surface area (Å²) in [6.07, 6.45) is 5.63. The lowest BCUT2D eigenvalue weighted by atomic mass is 10.0. The van der Waals surface area contributed by atoms with E-state index < -0.39 is 0 Å². The molecule has 0 aliphatic heterocycles. The third kappa shape index (κ3) is 4.89. The molecule has 0 unspecified atom stereocenters. The fourth-order valence-corrected chi connectivity index (χ4v) is 3.64. The van der Waals surface area contributed by atoms with Crippen LogP contribution >= 0.6 is 0 Å². The van der Waals surface area contributed by atoms with Gasteiger partial charge >= 0.3 is 0 Å². The second-order valence-corrected chi connectivity index (χ2v) is 8.19. The second kappa shape index (κ2) is 9.88. The Kier molecular flexibility index (Phi) is 7.24. The highest BCUT2D eigenvalue weighted by molar-refractivity contribution is 5.64. The summed E-state index contributed by atoms with van der Waals surface area (Å²) < 4.78 is 11.6. The monoisotopic (exact) mass is 407 g/mol. The van der Waals surface area contributed by atoms with E-state index in [2.05, 4.69) is 74.9 Å². The van der Waals surface area contributed by atoms with Crippen LogP contribution in [0.5, 0.6) is 5.75 Å². The predicted octanol–water partition coefficient (Wildman–Crippen LogP) is 6.22. The summed E-state index contributed by atoms with van der Waals surface area (Å²) in [5.41, 5.74) is 6.47. The maximum Gasteiger partial charge on any atom is 0.259 e. The largest absolute Gasteiger partial charge is 0.493 e. The minimum Gasteiger partial charge on any atom is -0.493 e. The predicted molar refractivity (Wildman–Crippen MR) is 121 cm³/mol. The van der Waals surface area contributed by atoms with Gasteiger partial charge in [-0.2, -0.15) is 4.98 Å². The molecule has 0 bridgehead atoms. The van der Waals surface area contributed by atoms with Gasteiger partial charge in [0.15, 0.2) is 0 Å². The number of nitrogens with zero attached hydrogens (tertiary/aromatic N) is 3. The van der Waals surface area contributed by atoms with Crippen LogP contribution in [-0.2, 0) is 19.3 Å². The van der Waals surface area contributed by atoms with Crippen LogP contribution in [-0.4, -0.2) is 21.7 Å². The Bertz CT molecular complexity index is 992. The first-order valence-electron chi connectivity index (χ1n) is 11.0. The van der Waals surface area contributed by atoms with E-state index >= 15 is 0 Å². The van der Waals surface area contributed by atoms with Gasteiger partial charge in [-0.3, -0.25) is 4.98 Å². The molecule has 0 aliphatic rings. The number of rotatable bonds is 9. The SMILES string of the molecule is CCCOc1c(C)cc(-c2noc(-c3cnc(CC(C)C)c(CC)c3)n2)cc1CC. The third-order valence-electron chi connectivity index (χ3n) is 5.16. The molecule has 0 amide bonds. The van der Waals surface area contributed by atoms with Crippen LogP contribution in [0.2, 0.25) is 0 Å². The molecule has 5 nitrogen and oxygen atoms in total. The number of pyridine rings is 1. The van der Waals surface area contributed by atoms with Crippen LogP contribution < -0.4 is 4.74 Å². The lowest BCUT2D eigenvalue weighted by molar-refractivity contribution is 0.312. The zero-order valence-electron chi connectivity index (χ0n) is 19.1. The molecule has 1 aromatic carbocycles. The average molecular weight is 408 g/mol. The Morgan fingerprint density at radius 1 is 1.00 bits per heavy atom. The molecule has 3 rings (SSSR count).